The number of para-hydroxylation sites is 1. The summed E-state index contributed by atoms with van der Waals surface area (Å²) in [5.74, 6) is -4.51. The number of fused-ring (bicyclic) bond motifs is 1. The maximum Gasteiger partial charge on any atom is 0.327 e. The Labute approximate surface area is 246 Å². The van der Waals surface area contributed by atoms with Crippen molar-refractivity contribution < 1.29 is 34.2 Å². The number of amides is 4. The van der Waals surface area contributed by atoms with Crippen molar-refractivity contribution >= 4 is 53.1 Å². The highest BCUT2D eigenvalue weighted by Crippen LogP contribution is 2.19. The molecule has 2 aromatic carbocycles. The van der Waals surface area contributed by atoms with Gasteiger partial charge in [-0.05, 0) is 42.2 Å². The second kappa shape index (κ2) is 14.9. The van der Waals surface area contributed by atoms with Crippen LogP contribution in [0, 0.1) is 0 Å². The number of carbonyl (C=O) groups is 5. The molecule has 14 heteroatoms. The van der Waals surface area contributed by atoms with Crippen molar-refractivity contribution in [2.75, 3.05) is 5.75 Å². The minimum atomic E-state index is -1.33. The molecule has 4 atom stereocenters. The first-order valence-electron chi connectivity index (χ1n) is 13.1. The van der Waals surface area contributed by atoms with Crippen molar-refractivity contribution in [3.63, 3.8) is 0 Å². The Morgan fingerprint density at radius 1 is 0.857 bits per heavy atom. The van der Waals surface area contributed by atoms with Gasteiger partial charge in [0.1, 0.15) is 23.9 Å². The number of aromatic nitrogens is 1. The van der Waals surface area contributed by atoms with E-state index in [9.17, 15) is 34.2 Å². The molecule has 0 spiro atoms. The quantitative estimate of drug-likeness (QED) is 0.105. The van der Waals surface area contributed by atoms with Crippen LogP contribution in [0.5, 0.6) is 5.75 Å². The van der Waals surface area contributed by atoms with E-state index in [1.54, 1.807) is 6.20 Å². The Balaban J connectivity index is 1.77. The Morgan fingerprint density at radius 3 is 2.12 bits per heavy atom. The summed E-state index contributed by atoms with van der Waals surface area (Å²) in [5.41, 5.74) is 13.7. The number of aromatic amines is 1. The van der Waals surface area contributed by atoms with E-state index in [-0.39, 0.29) is 37.2 Å². The number of nitrogens with two attached hydrogens (primary N) is 2. The molecule has 1 aromatic heterocycles. The summed E-state index contributed by atoms with van der Waals surface area (Å²) < 4.78 is 0. The highest BCUT2D eigenvalue weighted by molar-refractivity contribution is 7.80. The summed E-state index contributed by atoms with van der Waals surface area (Å²) in [4.78, 5) is 65.6. The molecule has 3 rings (SSSR count). The van der Waals surface area contributed by atoms with Gasteiger partial charge in [-0.25, -0.2) is 4.79 Å². The standard InChI is InChI=1S/C28H34N6O7S/c29-19(12-16-13-31-20-4-2-1-3-18(16)20)25(37)32-21(9-10-24(30)36)26(38)33-22(11-15-5-7-17(35)8-6-15)27(39)34-23(14-42)28(40)41/h1-8,13,19,21-23,31,35,42H,9-12,14,29H2,(H2,30,36)(H,32,37)(H,33,38)(H,34,39)(H,40,41). The predicted octanol–water partition coefficient (Wildman–Crippen LogP) is -0.280. The third-order valence-electron chi connectivity index (χ3n) is 6.57. The number of carboxylic acids is 1. The number of rotatable bonds is 15. The van der Waals surface area contributed by atoms with Crippen molar-refractivity contribution in [2.45, 2.75) is 49.9 Å². The fourth-order valence-electron chi connectivity index (χ4n) is 4.27. The van der Waals surface area contributed by atoms with E-state index in [1.807, 2.05) is 24.3 Å². The average Bonchev–Trinajstić information content (AvgIpc) is 3.36. The van der Waals surface area contributed by atoms with Crippen molar-refractivity contribution in [2.24, 2.45) is 11.5 Å². The number of carbonyl (C=O) groups excluding carboxylic acids is 4. The number of hydrogen-bond acceptors (Lipinski definition) is 8. The van der Waals surface area contributed by atoms with Gasteiger partial charge in [0.15, 0.2) is 0 Å². The molecular weight excluding hydrogens is 564 g/mol. The van der Waals surface area contributed by atoms with Gasteiger partial charge in [0, 0.05) is 35.7 Å². The second-order valence-electron chi connectivity index (χ2n) is 9.75. The zero-order chi connectivity index (χ0) is 30.8. The van der Waals surface area contributed by atoms with Gasteiger partial charge in [-0.2, -0.15) is 12.6 Å². The second-order valence-corrected chi connectivity index (χ2v) is 10.1. The Kier molecular flexibility index (Phi) is 11.3. The molecule has 1 heterocycles. The van der Waals surface area contributed by atoms with Crippen molar-refractivity contribution in [1.29, 1.82) is 0 Å². The van der Waals surface area contributed by atoms with E-state index >= 15 is 0 Å². The number of thiol groups is 1. The fraction of sp³-hybridized carbons (Fsp3) is 0.321. The molecule has 0 bridgehead atoms. The number of nitrogens with one attached hydrogen (secondary N) is 4. The number of primary amides is 1. The number of aliphatic carboxylic acids is 1. The Bertz CT molecular complexity index is 1430. The number of aromatic hydroxyl groups is 1. The van der Waals surface area contributed by atoms with Gasteiger partial charge in [-0.1, -0.05) is 30.3 Å². The van der Waals surface area contributed by atoms with Crippen LogP contribution in [-0.4, -0.2) is 74.7 Å². The van der Waals surface area contributed by atoms with Crippen LogP contribution in [0.15, 0.2) is 54.7 Å². The van der Waals surface area contributed by atoms with Crippen molar-refractivity contribution in [3.8, 4) is 5.75 Å². The van der Waals surface area contributed by atoms with E-state index in [1.165, 1.54) is 24.3 Å². The first kappa shape index (κ1) is 32.0. The lowest BCUT2D eigenvalue weighted by Gasteiger charge is -2.25. The molecule has 0 aliphatic heterocycles. The number of phenolic OH excluding ortho intramolecular Hbond substituents is 1. The smallest absolute Gasteiger partial charge is 0.327 e. The first-order valence-corrected chi connectivity index (χ1v) is 13.7. The minimum Gasteiger partial charge on any atom is -0.508 e. The fourth-order valence-corrected chi connectivity index (χ4v) is 4.52. The molecule has 0 saturated heterocycles. The van der Waals surface area contributed by atoms with Crippen LogP contribution in [0.4, 0.5) is 0 Å². The van der Waals surface area contributed by atoms with Gasteiger partial charge in [-0.3, -0.25) is 19.2 Å². The molecule has 0 fully saturated rings. The van der Waals surface area contributed by atoms with E-state index in [2.05, 4.69) is 33.6 Å². The van der Waals surface area contributed by atoms with E-state index in [4.69, 9.17) is 11.5 Å². The third kappa shape index (κ3) is 8.97. The highest BCUT2D eigenvalue weighted by atomic mass is 32.1. The molecule has 0 aliphatic rings. The molecular formula is C28H34N6O7S. The van der Waals surface area contributed by atoms with Crippen LogP contribution in [0.3, 0.4) is 0 Å². The molecule has 42 heavy (non-hydrogen) atoms. The molecule has 0 saturated carbocycles. The number of carboxylic acid groups (broad SMARTS) is 1. The molecule has 10 N–H and O–H groups in total. The van der Waals surface area contributed by atoms with Crippen LogP contribution in [0.1, 0.15) is 24.0 Å². The average molecular weight is 599 g/mol. The lowest BCUT2D eigenvalue weighted by atomic mass is 10.0. The number of H-pyrrole nitrogens is 1. The molecule has 13 nitrogen and oxygen atoms in total. The minimum absolute atomic E-state index is 0.0111. The van der Waals surface area contributed by atoms with Crippen LogP contribution in [0.25, 0.3) is 10.9 Å². The zero-order valence-corrected chi connectivity index (χ0v) is 23.5. The predicted molar refractivity (Wildman–Crippen MR) is 157 cm³/mol. The maximum atomic E-state index is 13.4. The summed E-state index contributed by atoms with van der Waals surface area (Å²) in [6.45, 7) is 0. The van der Waals surface area contributed by atoms with Gasteiger partial charge in [-0.15, -0.1) is 0 Å². The Hall–Kier alpha value is -4.56. The van der Waals surface area contributed by atoms with Gasteiger partial charge < -0.3 is 42.6 Å². The maximum absolute atomic E-state index is 13.4. The van der Waals surface area contributed by atoms with Gasteiger partial charge in [0.05, 0.1) is 6.04 Å². The van der Waals surface area contributed by atoms with E-state index in [0.717, 1.165) is 16.5 Å². The molecule has 224 valence electrons. The Morgan fingerprint density at radius 2 is 1.48 bits per heavy atom. The molecule has 4 amide bonds. The third-order valence-corrected chi connectivity index (χ3v) is 6.94. The number of phenols is 1. The SMILES string of the molecule is NC(=O)CCC(NC(=O)C(N)Cc1c[nH]c2ccccc12)C(=O)NC(Cc1ccc(O)cc1)C(=O)NC(CS)C(=O)O. The van der Waals surface area contributed by atoms with Crippen molar-refractivity contribution in [3.05, 3.63) is 65.9 Å². The van der Waals surface area contributed by atoms with Crippen LogP contribution < -0.4 is 27.4 Å². The number of hydrogen-bond donors (Lipinski definition) is 9. The van der Waals surface area contributed by atoms with Crippen LogP contribution in [0.2, 0.25) is 0 Å². The summed E-state index contributed by atoms with van der Waals surface area (Å²) in [6, 6.07) is 8.41. The molecule has 0 radical (unpaired) electrons. The lowest BCUT2D eigenvalue weighted by molar-refractivity contribution is -0.141. The van der Waals surface area contributed by atoms with Crippen molar-refractivity contribution in [1.82, 2.24) is 20.9 Å². The monoisotopic (exact) mass is 598 g/mol. The van der Waals surface area contributed by atoms with Crippen LogP contribution in [-0.2, 0) is 36.8 Å². The summed E-state index contributed by atoms with van der Waals surface area (Å²) in [5, 5.41) is 27.2. The lowest BCUT2D eigenvalue weighted by Crippen LogP contribution is -2.58. The van der Waals surface area contributed by atoms with Crippen LogP contribution >= 0.6 is 12.6 Å². The summed E-state index contributed by atoms with van der Waals surface area (Å²) >= 11 is 3.95. The molecule has 3 aromatic rings. The normalized spacial score (nSPS) is 13.9. The zero-order valence-electron chi connectivity index (χ0n) is 22.6. The summed E-state index contributed by atoms with van der Waals surface area (Å²) in [6.07, 6.45) is 1.41. The summed E-state index contributed by atoms with van der Waals surface area (Å²) in [7, 11) is 0. The molecule has 0 aliphatic carbocycles. The molecule has 4 unspecified atom stereocenters. The van der Waals surface area contributed by atoms with Gasteiger partial charge >= 0.3 is 5.97 Å². The van der Waals surface area contributed by atoms with E-state index < -0.39 is 53.8 Å². The largest absolute Gasteiger partial charge is 0.508 e. The van der Waals surface area contributed by atoms with Gasteiger partial charge in [0.25, 0.3) is 0 Å². The first-order chi connectivity index (χ1) is 20.0. The number of benzene rings is 2. The van der Waals surface area contributed by atoms with Gasteiger partial charge in [0.2, 0.25) is 23.6 Å². The van der Waals surface area contributed by atoms with E-state index in [0.29, 0.717) is 5.56 Å². The highest BCUT2D eigenvalue weighted by Gasteiger charge is 2.30. The topological polar surface area (TPSA) is 230 Å².